The summed E-state index contributed by atoms with van der Waals surface area (Å²) in [6.45, 7) is 0. The average Bonchev–Trinajstić information content (AvgIpc) is 2.82. The first-order valence-electron chi connectivity index (χ1n) is 9.43. The normalized spacial score (nSPS) is 18.2. The lowest BCUT2D eigenvalue weighted by molar-refractivity contribution is -0.115. The van der Waals surface area contributed by atoms with E-state index < -0.39 is 36.6 Å². The lowest BCUT2D eigenvalue weighted by atomic mass is 10.00. The van der Waals surface area contributed by atoms with Crippen LogP contribution in [0.2, 0.25) is 0 Å². The highest BCUT2D eigenvalue weighted by molar-refractivity contribution is 7.87. The number of benzene rings is 2. The molecule has 2 aromatic carbocycles. The van der Waals surface area contributed by atoms with Gasteiger partial charge in [0.25, 0.3) is 20.2 Å². The first-order valence-corrected chi connectivity index (χ1v) is 12.4. The SMILES string of the molecule is O=C1Nc2cc(CC(CCc3ccccc3)S(=O)(=O)O)ccc2CCC1S(=O)(=O)O. The Morgan fingerprint density at radius 1 is 1.00 bits per heavy atom. The summed E-state index contributed by atoms with van der Waals surface area (Å²) in [5, 5.41) is -0.0771. The second-order valence-corrected chi connectivity index (χ2v) is 10.7. The molecule has 0 fully saturated rings. The number of aryl methyl sites for hydroxylation is 2. The van der Waals surface area contributed by atoms with Gasteiger partial charge in [-0.1, -0.05) is 42.5 Å². The second-order valence-electron chi connectivity index (χ2n) is 7.39. The summed E-state index contributed by atoms with van der Waals surface area (Å²) in [7, 11) is -8.82. The largest absolute Gasteiger partial charge is 0.325 e. The minimum absolute atomic E-state index is 0.0382. The van der Waals surface area contributed by atoms with E-state index in [4.69, 9.17) is 0 Å². The molecule has 0 radical (unpaired) electrons. The number of hydrogen-bond acceptors (Lipinski definition) is 5. The minimum Gasteiger partial charge on any atom is -0.325 e. The van der Waals surface area contributed by atoms with Gasteiger partial charge >= 0.3 is 0 Å². The summed E-state index contributed by atoms with van der Waals surface area (Å²) < 4.78 is 65.5. The molecular weight excluding hydrogens is 430 g/mol. The fraction of sp³-hybridized carbons (Fsp3) is 0.350. The molecule has 3 N–H and O–H groups in total. The average molecular weight is 454 g/mol. The molecule has 162 valence electrons. The van der Waals surface area contributed by atoms with Crippen molar-refractivity contribution in [2.24, 2.45) is 0 Å². The third kappa shape index (κ3) is 5.66. The van der Waals surface area contributed by atoms with E-state index in [0.29, 0.717) is 23.2 Å². The lowest BCUT2D eigenvalue weighted by Crippen LogP contribution is -2.33. The van der Waals surface area contributed by atoms with E-state index in [-0.39, 0.29) is 25.7 Å². The fourth-order valence-electron chi connectivity index (χ4n) is 3.59. The Hall–Kier alpha value is -2.27. The van der Waals surface area contributed by atoms with Gasteiger partial charge in [-0.15, -0.1) is 0 Å². The van der Waals surface area contributed by atoms with Crippen LogP contribution in [-0.2, 0) is 44.3 Å². The maximum Gasteiger partial charge on any atom is 0.276 e. The van der Waals surface area contributed by atoms with E-state index in [1.807, 2.05) is 30.3 Å². The summed E-state index contributed by atoms with van der Waals surface area (Å²) in [6.07, 6.45) is 0.937. The number of nitrogens with one attached hydrogen (secondary N) is 1. The highest BCUT2D eigenvalue weighted by Gasteiger charge is 2.33. The van der Waals surface area contributed by atoms with Gasteiger partial charge in [0.1, 0.15) is 0 Å². The molecule has 30 heavy (non-hydrogen) atoms. The Bertz CT molecular complexity index is 1130. The zero-order valence-corrected chi connectivity index (χ0v) is 17.7. The molecule has 0 bridgehead atoms. The maximum atomic E-state index is 12.2. The number of hydrogen-bond donors (Lipinski definition) is 3. The molecule has 0 spiro atoms. The molecule has 0 aromatic heterocycles. The van der Waals surface area contributed by atoms with Crippen molar-refractivity contribution in [1.29, 1.82) is 0 Å². The Morgan fingerprint density at radius 3 is 2.33 bits per heavy atom. The number of rotatable bonds is 7. The van der Waals surface area contributed by atoms with Crippen LogP contribution in [-0.4, -0.2) is 42.3 Å². The summed E-state index contributed by atoms with van der Waals surface area (Å²) in [4.78, 5) is 12.2. The molecule has 1 amide bonds. The molecule has 2 atom stereocenters. The maximum absolute atomic E-state index is 12.2. The van der Waals surface area contributed by atoms with Gasteiger partial charge in [0.15, 0.2) is 5.25 Å². The predicted molar refractivity (Wildman–Crippen MR) is 113 cm³/mol. The van der Waals surface area contributed by atoms with Crippen molar-refractivity contribution in [3.8, 4) is 0 Å². The van der Waals surface area contributed by atoms with Crippen LogP contribution in [0.15, 0.2) is 48.5 Å². The molecule has 0 saturated heterocycles. The van der Waals surface area contributed by atoms with Crippen LogP contribution in [0, 0.1) is 0 Å². The van der Waals surface area contributed by atoms with Gasteiger partial charge in [-0.3, -0.25) is 13.9 Å². The van der Waals surface area contributed by atoms with Crippen LogP contribution in [0.5, 0.6) is 0 Å². The fourth-order valence-corrected chi connectivity index (χ4v) is 5.16. The van der Waals surface area contributed by atoms with Crippen molar-refractivity contribution in [2.45, 2.75) is 42.6 Å². The number of amides is 1. The molecule has 8 nitrogen and oxygen atoms in total. The van der Waals surface area contributed by atoms with Crippen LogP contribution in [0.25, 0.3) is 0 Å². The van der Waals surface area contributed by atoms with Crippen LogP contribution in [0.3, 0.4) is 0 Å². The first-order chi connectivity index (χ1) is 14.0. The van der Waals surface area contributed by atoms with Gasteiger partial charge < -0.3 is 5.32 Å². The topological polar surface area (TPSA) is 138 Å². The van der Waals surface area contributed by atoms with Gasteiger partial charge in [-0.25, -0.2) is 0 Å². The highest BCUT2D eigenvalue weighted by atomic mass is 32.2. The number of fused-ring (bicyclic) bond motifs is 1. The van der Waals surface area contributed by atoms with Gasteiger partial charge in [0.05, 0.1) is 5.25 Å². The predicted octanol–water partition coefficient (Wildman–Crippen LogP) is 2.26. The summed E-state index contributed by atoms with van der Waals surface area (Å²) >= 11 is 0. The third-order valence-electron chi connectivity index (χ3n) is 5.24. The van der Waals surface area contributed by atoms with Gasteiger partial charge in [-0.05, 0) is 54.9 Å². The van der Waals surface area contributed by atoms with E-state index in [9.17, 15) is 30.7 Å². The monoisotopic (exact) mass is 453 g/mol. The van der Waals surface area contributed by atoms with Crippen LogP contribution in [0.4, 0.5) is 5.69 Å². The molecule has 2 unspecified atom stereocenters. The quantitative estimate of drug-likeness (QED) is 0.547. The van der Waals surface area contributed by atoms with Crippen molar-refractivity contribution in [1.82, 2.24) is 0 Å². The Labute approximate surface area is 175 Å². The molecule has 2 aromatic rings. The molecule has 10 heteroatoms. The molecule has 3 rings (SSSR count). The van der Waals surface area contributed by atoms with Crippen molar-refractivity contribution >= 4 is 31.8 Å². The van der Waals surface area contributed by atoms with Crippen LogP contribution < -0.4 is 5.32 Å². The zero-order chi connectivity index (χ0) is 21.9. The van der Waals surface area contributed by atoms with Gasteiger partial charge in [0.2, 0.25) is 5.91 Å². The third-order valence-corrected chi connectivity index (χ3v) is 7.66. The highest BCUT2D eigenvalue weighted by Crippen LogP contribution is 2.27. The molecular formula is C20H23NO7S2. The Balaban J connectivity index is 1.78. The number of carbonyl (C=O) groups excluding carboxylic acids is 1. The molecule has 1 aliphatic heterocycles. The van der Waals surface area contributed by atoms with Crippen molar-refractivity contribution in [3.63, 3.8) is 0 Å². The number of carbonyl (C=O) groups is 1. The summed E-state index contributed by atoms with van der Waals surface area (Å²) in [6, 6.07) is 14.3. The van der Waals surface area contributed by atoms with E-state index in [1.165, 1.54) is 0 Å². The van der Waals surface area contributed by atoms with Crippen molar-refractivity contribution < 1.29 is 30.7 Å². The minimum atomic E-state index is -4.52. The Kier molecular flexibility index (Phi) is 6.61. The van der Waals surface area contributed by atoms with E-state index in [2.05, 4.69) is 5.32 Å². The second kappa shape index (κ2) is 8.84. The smallest absolute Gasteiger partial charge is 0.276 e. The van der Waals surface area contributed by atoms with E-state index in [0.717, 1.165) is 5.56 Å². The standard InChI is InChI=1S/C20H23NO7S2/c22-20-19(30(26,27)28)11-9-16-8-6-15(13-18(16)21-20)12-17(29(23,24)25)10-7-14-4-2-1-3-5-14/h1-6,8,13,17,19H,7,9-12H2,(H,21,22)(H,23,24,25)(H,26,27,28). The van der Waals surface area contributed by atoms with Crippen molar-refractivity contribution in [2.75, 3.05) is 5.32 Å². The van der Waals surface area contributed by atoms with Gasteiger partial charge in [-0.2, -0.15) is 16.8 Å². The molecule has 1 heterocycles. The lowest BCUT2D eigenvalue weighted by Gasteiger charge is -2.16. The van der Waals surface area contributed by atoms with Gasteiger partial charge in [0, 0.05) is 5.69 Å². The zero-order valence-electron chi connectivity index (χ0n) is 16.1. The summed E-state index contributed by atoms with van der Waals surface area (Å²) in [5.74, 6) is -0.830. The number of anilines is 1. The molecule has 1 aliphatic rings. The first kappa shape index (κ1) is 22.4. The van der Waals surface area contributed by atoms with Crippen LogP contribution >= 0.6 is 0 Å². The van der Waals surface area contributed by atoms with E-state index >= 15 is 0 Å². The Morgan fingerprint density at radius 2 is 1.70 bits per heavy atom. The van der Waals surface area contributed by atoms with E-state index in [1.54, 1.807) is 18.2 Å². The van der Waals surface area contributed by atoms with Crippen LogP contribution in [0.1, 0.15) is 29.5 Å². The van der Waals surface area contributed by atoms with Crippen molar-refractivity contribution in [3.05, 3.63) is 65.2 Å². The molecule has 0 aliphatic carbocycles. The summed E-state index contributed by atoms with van der Waals surface area (Å²) in [5.41, 5.74) is 2.60. The molecule has 0 saturated carbocycles.